The summed E-state index contributed by atoms with van der Waals surface area (Å²) < 4.78 is 96.1. The number of ether oxygens (including phenoxy) is 7. The highest BCUT2D eigenvalue weighted by molar-refractivity contribution is 5.99. The SMILES string of the molecule is [B]OCC1O[C@@H](O[C@H]2C(O)C(O[C@@H]3OC(CNC(=O)OC(C)(C)C)CCC3NC(=O)OC(C)(C)C)[C@@H](NC(=O)OC(C)(C)C)C[C@H]2C)C(O[B])[C@@H](NC(=O)C(F)(F)F)[C@H]1O[B]. The molecule has 5 N–H and O–H groups in total. The first-order valence-corrected chi connectivity index (χ1v) is 19.7. The van der Waals surface area contributed by atoms with E-state index >= 15 is 0 Å². The van der Waals surface area contributed by atoms with Gasteiger partial charge in [0.15, 0.2) is 12.6 Å². The van der Waals surface area contributed by atoms with Crippen molar-refractivity contribution in [2.24, 2.45) is 5.92 Å². The van der Waals surface area contributed by atoms with Crippen LogP contribution in [0.3, 0.4) is 0 Å². The third-order valence-corrected chi connectivity index (χ3v) is 9.35. The lowest BCUT2D eigenvalue weighted by Gasteiger charge is -2.50. The number of amides is 4. The second-order valence-corrected chi connectivity index (χ2v) is 18.1. The lowest BCUT2D eigenvalue weighted by atomic mass is 9.80. The van der Waals surface area contributed by atoms with Gasteiger partial charge in [0.2, 0.25) is 0 Å². The minimum absolute atomic E-state index is 0.00509. The number of alkyl halides is 3. The van der Waals surface area contributed by atoms with Gasteiger partial charge in [0.25, 0.3) is 24.1 Å². The van der Waals surface area contributed by atoms with Gasteiger partial charge in [-0.2, -0.15) is 13.2 Å². The second-order valence-electron chi connectivity index (χ2n) is 18.1. The van der Waals surface area contributed by atoms with Crippen LogP contribution in [0.15, 0.2) is 0 Å². The van der Waals surface area contributed by atoms with Crippen LogP contribution < -0.4 is 21.3 Å². The molecule has 25 heteroatoms. The lowest BCUT2D eigenvalue weighted by molar-refractivity contribution is -0.314. The van der Waals surface area contributed by atoms with Crippen molar-refractivity contribution in [3.63, 3.8) is 0 Å². The van der Waals surface area contributed by atoms with Gasteiger partial charge in [-0.15, -0.1) is 0 Å². The zero-order valence-corrected chi connectivity index (χ0v) is 36.1. The number of nitrogens with one attached hydrogen (secondary N) is 4. The van der Waals surface area contributed by atoms with Crippen molar-refractivity contribution in [3.05, 3.63) is 0 Å². The first-order chi connectivity index (χ1) is 28.0. The van der Waals surface area contributed by atoms with E-state index in [1.54, 1.807) is 74.6 Å². The zero-order chi connectivity index (χ0) is 46.2. The van der Waals surface area contributed by atoms with Gasteiger partial charge in [-0.05, 0) is 87.5 Å². The smallest absolute Gasteiger partial charge is 0.445 e. The number of hydrogen-bond donors (Lipinski definition) is 5. The summed E-state index contributed by atoms with van der Waals surface area (Å²) in [5, 5.41) is 22.0. The van der Waals surface area contributed by atoms with Crippen molar-refractivity contribution in [2.75, 3.05) is 13.2 Å². The van der Waals surface area contributed by atoms with Gasteiger partial charge in [-0.25, -0.2) is 14.4 Å². The van der Waals surface area contributed by atoms with Crippen molar-refractivity contribution in [3.8, 4) is 0 Å². The molecule has 3 rings (SSSR count). The van der Waals surface area contributed by atoms with Crippen LogP contribution in [0.4, 0.5) is 27.6 Å². The molecular formula is C36H58B3F3N4O15. The molecule has 0 aromatic carbocycles. The predicted octanol–water partition coefficient (Wildman–Crippen LogP) is 1.78. The van der Waals surface area contributed by atoms with Crippen LogP contribution >= 0.6 is 0 Å². The normalized spacial score (nSPS) is 32.5. The summed E-state index contributed by atoms with van der Waals surface area (Å²) in [6, 6.07) is -3.73. The average Bonchev–Trinajstić information content (AvgIpc) is 3.09. The van der Waals surface area contributed by atoms with Crippen molar-refractivity contribution >= 4 is 48.3 Å². The molecule has 3 aliphatic rings. The fraction of sp³-hybridized carbons (Fsp3) is 0.889. The van der Waals surface area contributed by atoms with Crippen LogP contribution in [0, 0.1) is 5.92 Å². The third-order valence-electron chi connectivity index (χ3n) is 9.35. The summed E-state index contributed by atoms with van der Waals surface area (Å²) in [6.45, 7) is 16.1. The summed E-state index contributed by atoms with van der Waals surface area (Å²) in [5.74, 6) is -3.10. The van der Waals surface area contributed by atoms with E-state index in [1.165, 1.54) is 0 Å². The van der Waals surface area contributed by atoms with E-state index in [0.717, 1.165) is 0 Å². The first kappa shape index (κ1) is 52.3. The van der Waals surface area contributed by atoms with E-state index in [4.69, 9.17) is 66.6 Å². The number of carbonyl (C=O) groups excluding carboxylic acids is 4. The van der Waals surface area contributed by atoms with Gasteiger partial charge in [0.1, 0.15) is 41.2 Å². The summed E-state index contributed by atoms with van der Waals surface area (Å²) >= 11 is 0. The quantitative estimate of drug-likeness (QED) is 0.131. The molecule has 19 nitrogen and oxygen atoms in total. The largest absolute Gasteiger partial charge is 0.471 e. The van der Waals surface area contributed by atoms with E-state index in [1.807, 2.05) is 0 Å². The number of halogens is 3. The number of aliphatic hydroxyl groups is 1. The molecule has 0 bridgehead atoms. The summed E-state index contributed by atoms with van der Waals surface area (Å²) in [4.78, 5) is 50.8. The standard InChI is InChI=1S/C36H58B3F3N4O15/c1-16-13-19(45-32(51)59-35(8,9)10)24(56-27-18(44-31(50)58-34(5,6)7)12-11-17(53-27)14-43-30(49)57-33(2,3)4)22(47)23(16)55-28-26(61-39)21(46-29(48)36(40,41)42)25(60-38)20(54-28)15-52-37/h16-28,47H,11-15H2,1-10H3,(H,43,49)(H,44,50)(H,45,51)(H,46,48)/t16-,17?,18?,19+,20?,21+,22?,23-,24?,25+,26?,27+,28+/m1/s1. The van der Waals surface area contributed by atoms with Crippen LogP contribution in [-0.2, 0) is 51.9 Å². The number of aliphatic hydroxyl groups excluding tert-OH is 1. The molecule has 0 aromatic heterocycles. The van der Waals surface area contributed by atoms with E-state index in [0.29, 0.717) is 6.42 Å². The Morgan fingerprint density at radius 2 is 1.21 bits per heavy atom. The third kappa shape index (κ3) is 16.2. The molecule has 0 spiro atoms. The topological polar surface area (TPSA) is 229 Å². The summed E-state index contributed by atoms with van der Waals surface area (Å²) in [5.41, 5.74) is -2.60. The highest BCUT2D eigenvalue weighted by Gasteiger charge is 2.54. The Hall–Kier alpha value is -3.06. The molecule has 4 amide bonds. The van der Waals surface area contributed by atoms with Crippen LogP contribution in [0.2, 0.25) is 0 Å². The zero-order valence-electron chi connectivity index (χ0n) is 36.1. The molecule has 6 radical (unpaired) electrons. The minimum atomic E-state index is -5.36. The molecule has 3 fully saturated rings. The summed E-state index contributed by atoms with van der Waals surface area (Å²) in [7, 11) is 16.2. The maximum atomic E-state index is 13.5. The molecule has 1 saturated carbocycles. The molecule has 1 aliphatic carbocycles. The Labute approximate surface area is 357 Å². The number of rotatable bonds is 13. The minimum Gasteiger partial charge on any atom is -0.445 e. The lowest BCUT2D eigenvalue weighted by Crippen LogP contribution is -2.69. The highest BCUT2D eigenvalue weighted by atomic mass is 19.4. The van der Waals surface area contributed by atoms with Crippen LogP contribution in [-0.4, -0.2) is 163 Å². The van der Waals surface area contributed by atoms with Gasteiger partial charge in [0, 0.05) is 6.54 Å². The fourth-order valence-electron chi connectivity index (χ4n) is 6.94. The molecule has 2 aliphatic heterocycles. The number of hydrogen-bond acceptors (Lipinski definition) is 15. The second kappa shape index (κ2) is 21.5. The van der Waals surface area contributed by atoms with Gasteiger partial charge in [0.05, 0.1) is 43.0 Å². The average molecular weight is 876 g/mol. The first-order valence-electron chi connectivity index (χ1n) is 19.7. The number of carbonyl (C=O) groups is 4. The molecule has 61 heavy (non-hydrogen) atoms. The van der Waals surface area contributed by atoms with Crippen LogP contribution in [0.1, 0.15) is 88.5 Å². The van der Waals surface area contributed by atoms with Crippen molar-refractivity contribution in [2.45, 2.75) is 185 Å². The number of alkyl carbamates (subject to hydrolysis) is 3. The Bertz CT molecular complexity index is 1470. The van der Waals surface area contributed by atoms with Crippen molar-refractivity contribution < 1.29 is 84.6 Å². The Morgan fingerprint density at radius 3 is 1.72 bits per heavy atom. The van der Waals surface area contributed by atoms with Gasteiger partial charge in [-0.3, -0.25) is 4.79 Å². The summed E-state index contributed by atoms with van der Waals surface area (Å²) in [6.07, 6.45) is -20.3. The van der Waals surface area contributed by atoms with Crippen LogP contribution in [0.25, 0.3) is 0 Å². The molecular weight excluding hydrogens is 818 g/mol. The van der Waals surface area contributed by atoms with E-state index in [2.05, 4.69) is 20.6 Å². The van der Waals surface area contributed by atoms with E-state index in [-0.39, 0.29) is 19.4 Å². The Kier molecular flexibility index (Phi) is 18.5. The van der Waals surface area contributed by atoms with Crippen molar-refractivity contribution in [1.82, 2.24) is 21.3 Å². The monoisotopic (exact) mass is 876 g/mol. The van der Waals surface area contributed by atoms with Gasteiger partial charge in [-0.1, -0.05) is 6.92 Å². The maximum absolute atomic E-state index is 13.5. The Morgan fingerprint density at radius 1 is 0.689 bits per heavy atom. The predicted molar refractivity (Wildman–Crippen MR) is 208 cm³/mol. The molecule has 6 unspecified atom stereocenters. The van der Waals surface area contributed by atoms with Gasteiger partial charge < -0.3 is 73.5 Å². The van der Waals surface area contributed by atoms with Crippen molar-refractivity contribution in [1.29, 1.82) is 0 Å². The molecule has 0 aromatic rings. The Balaban J connectivity index is 2.01. The van der Waals surface area contributed by atoms with E-state index in [9.17, 15) is 37.5 Å². The molecule has 342 valence electrons. The molecule has 2 heterocycles. The maximum Gasteiger partial charge on any atom is 0.471 e. The van der Waals surface area contributed by atoms with Crippen LogP contribution in [0.5, 0.6) is 0 Å². The van der Waals surface area contributed by atoms with E-state index < -0.39 is 133 Å². The fourth-order valence-corrected chi connectivity index (χ4v) is 6.94. The molecule has 13 atom stereocenters. The molecule has 2 saturated heterocycles. The van der Waals surface area contributed by atoms with Gasteiger partial charge >= 0.3 is 30.4 Å². The highest BCUT2D eigenvalue weighted by Crippen LogP contribution is 2.36.